The number of nitrogens with zero attached hydrogens (tertiary/aromatic N) is 1. The van der Waals surface area contributed by atoms with Gasteiger partial charge in [-0.3, -0.25) is 0 Å². The fourth-order valence-electron chi connectivity index (χ4n) is 1.10. The highest BCUT2D eigenvalue weighted by molar-refractivity contribution is 7.89. The van der Waals surface area contributed by atoms with Crippen molar-refractivity contribution in [2.45, 2.75) is 4.90 Å². The van der Waals surface area contributed by atoms with Crippen LogP contribution in [0.4, 0.5) is 10.6 Å². The van der Waals surface area contributed by atoms with E-state index in [0.29, 0.717) is 5.82 Å². The van der Waals surface area contributed by atoms with Crippen LogP contribution in [0.15, 0.2) is 23.2 Å². The van der Waals surface area contributed by atoms with Crippen LogP contribution in [0, 0.1) is 0 Å². The van der Waals surface area contributed by atoms with Gasteiger partial charge in [-0.25, -0.2) is 22.9 Å². The lowest BCUT2D eigenvalue weighted by Crippen LogP contribution is -2.29. The topological polar surface area (TPSA) is 123 Å². The van der Waals surface area contributed by atoms with Crippen LogP contribution in [0.2, 0.25) is 0 Å². The van der Waals surface area contributed by atoms with Crippen LogP contribution in [0.25, 0.3) is 0 Å². The van der Waals surface area contributed by atoms with Crippen molar-refractivity contribution in [3.05, 3.63) is 18.3 Å². The van der Waals surface area contributed by atoms with Crippen molar-refractivity contribution in [1.82, 2.24) is 9.71 Å². The van der Waals surface area contributed by atoms with E-state index in [1.807, 2.05) is 0 Å². The van der Waals surface area contributed by atoms with Crippen LogP contribution in [-0.2, 0) is 14.8 Å². The number of nitrogens with one attached hydrogen (secondary N) is 2. The first-order chi connectivity index (χ1) is 8.45. The average molecular weight is 274 g/mol. The van der Waals surface area contributed by atoms with E-state index < -0.39 is 16.1 Å². The van der Waals surface area contributed by atoms with E-state index in [-0.39, 0.29) is 18.0 Å². The Kier molecular flexibility index (Phi) is 4.86. The number of anilines is 1. The van der Waals surface area contributed by atoms with E-state index in [0.717, 1.165) is 0 Å². The van der Waals surface area contributed by atoms with Gasteiger partial charge in [0.15, 0.2) is 0 Å². The summed E-state index contributed by atoms with van der Waals surface area (Å²) in [6.45, 7) is -0.185. The molecule has 0 radical (unpaired) electrons. The molecule has 0 atom stereocenters. The minimum absolute atomic E-state index is 0.0283. The summed E-state index contributed by atoms with van der Waals surface area (Å²) in [7, 11) is -1.98. The minimum Gasteiger partial charge on any atom is -0.448 e. The number of hydrogen-bond donors (Lipinski definition) is 3. The van der Waals surface area contributed by atoms with Gasteiger partial charge in [-0.15, -0.1) is 0 Å². The number of carbonyl (C=O) groups is 1. The third-order valence-corrected chi connectivity index (χ3v) is 3.39. The predicted octanol–water partition coefficient (Wildman–Crippen LogP) is -0.503. The van der Waals surface area contributed by atoms with Gasteiger partial charge in [-0.2, -0.15) is 0 Å². The van der Waals surface area contributed by atoms with Crippen molar-refractivity contribution in [2.75, 3.05) is 25.5 Å². The maximum absolute atomic E-state index is 11.7. The maximum Gasteiger partial charge on any atom is 0.404 e. The molecule has 1 heterocycles. The highest BCUT2D eigenvalue weighted by Crippen LogP contribution is 2.09. The van der Waals surface area contributed by atoms with Crippen molar-refractivity contribution >= 4 is 21.9 Å². The number of nitrogens with two attached hydrogens (primary N) is 1. The Hall–Kier alpha value is -1.87. The van der Waals surface area contributed by atoms with E-state index in [2.05, 4.69) is 19.8 Å². The number of sulfonamides is 1. The van der Waals surface area contributed by atoms with Crippen molar-refractivity contribution in [1.29, 1.82) is 0 Å². The van der Waals surface area contributed by atoms with E-state index in [9.17, 15) is 13.2 Å². The summed E-state index contributed by atoms with van der Waals surface area (Å²) in [6, 6.07) is 2.95. The van der Waals surface area contributed by atoms with Gasteiger partial charge in [-0.1, -0.05) is 0 Å². The van der Waals surface area contributed by atoms with Crippen molar-refractivity contribution in [2.24, 2.45) is 5.73 Å². The van der Waals surface area contributed by atoms with Crippen molar-refractivity contribution in [3.63, 3.8) is 0 Å². The molecule has 0 unspecified atom stereocenters. The molecule has 0 saturated heterocycles. The summed E-state index contributed by atoms with van der Waals surface area (Å²) < 4.78 is 30.1. The largest absolute Gasteiger partial charge is 0.448 e. The number of carbonyl (C=O) groups excluding carboxylic acids is 1. The number of primary amides is 1. The highest BCUT2D eigenvalue weighted by atomic mass is 32.2. The highest BCUT2D eigenvalue weighted by Gasteiger charge is 2.13. The molecular weight excluding hydrogens is 260 g/mol. The number of hydrogen-bond acceptors (Lipinski definition) is 6. The van der Waals surface area contributed by atoms with Crippen LogP contribution >= 0.6 is 0 Å². The number of aromatic nitrogens is 1. The zero-order valence-electron chi connectivity index (χ0n) is 9.71. The molecule has 100 valence electrons. The van der Waals surface area contributed by atoms with E-state index in [1.54, 1.807) is 7.05 Å². The average Bonchev–Trinajstić information content (AvgIpc) is 2.34. The number of rotatable bonds is 6. The Labute approximate surface area is 105 Å². The lowest BCUT2D eigenvalue weighted by atomic mass is 10.5. The monoisotopic (exact) mass is 274 g/mol. The van der Waals surface area contributed by atoms with Crippen LogP contribution in [0.3, 0.4) is 0 Å². The van der Waals surface area contributed by atoms with Gasteiger partial charge in [0.25, 0.3) is 0 Å². The first kappa shape index (κ1) is 14.2. The Bertz CT molecular complexity index is 500. The second-order valence-electron chi connectivity index (χ2n) is 3.19. The third kappa shape index (κ3) is 4.18. The SMILES string of the molecule is CNc1ccc(S(=O)(=O)NCCOC(N)=O)cn1. The predicted molar refractivity (Wildman–Crippen MR) is 64.5 cm³/mol. The molecule has 18 heavy (non-hydrogen) atoms. The summed E-state index contributed by atoms with van der Waals surface area (Å²) in [4.78, 5) is 14.2. The zero-order valence-corrected chi connectivity index (χ0v) is 10.5. The van der Waals surface area contributed by atoms with Crippen LogP contribution < -0.4 is 15.8 Å². The zero-order chi connectivity index (χ0) is 13.6. The van der Waals surface area contributed by atoms with Gasteiger partial charge in [0, 0.05) is 19.8 Å². The van der Waals surface area contributed by atoms with Gasteiger partial charge in [0.1, 0.15) is 17.3 Å². The van der Waals surface area contributed by atoms with Gasteiger partial charge < -0.3 is 15.8 Å². The van der Waals surface area contributed by atoms with Crippen LogP contribution in [0.5, 0.6) is 0 Å². The third-order valence-electron chi connectivity index (χ3n) is 1.94. The van der Waals surface area contributed by atoms with Gasteiger partial charge >= 0.3 is 6.09 Å². The molecule has 1 aromatic heterocycles. The molecule has 0 spiro atoms. The minimum atomic E-state index is -3.66. The van der Waals surface area contributed by atoms with E-state index >= 15 is 0 Å². The standard InChI is InChI=1S/C9H14N4O4S/c1-11-8-3-2-7(6-12-8)18(15,16)13-4-5-17-9(10)14/h2-3,6,13H,4-5H2,1H3,(H2,10,14)(H,11,12). The quantitative estimate of drug-likeness (QED) is 0.601. The molecule has 0 aliphatic carbocycles. The van der Waals surface area contributed by atoms with E-state index in [4.69, 9.17) is 5.73 Å². The number of amides is 1. The molecule has 0 fully saturated rings. The Morgan fingerprint density at radius 3 is 2.72 bits per heavy atom. The molecule has 0 aliphatic rings. The molecule has 9 heteroatoms. The molecule has 4 N–H and O–H groups in total. The van der Waals surface area contributed by atoms with Gasteiger partial charge in [0.2, 0.25) is 10.0 Å². The second kappa shape index (κ2) is 6.17. The smallest absolute Gasteiger partial charge is 0.404 e. The first-order valence-corrected chi connectivity index (χ1v) is 6.50. The Morgan fingerprint density at radius 2 is 2.22 bits per heavy atom. The first-order valence-electron chi connectivity index (χ1n) is 5.01. The van der Waals surface area contributed by atoms with E-state index in [1.165, 1.54) is 18.3 Å². The molecule has 1 amide bonds. The molecule has 0 bridgehead atoms. The molecular formula is C9H14N4O4S. The molecule has 1 rings (SSSR count). The Morgan fingerprint density at radius 1 is 1.50 bits per heavy atom. The number of pyridine rings is 1. The normalized spacial score (nSPS) is 10.9. The summed E-state index contributed by atoms with van der Waals surface area (Å²) in [6.07, 6.45) is 0.276. The maximum atomic E-state index is 11.7. The second-order valence-corrected chi connectivity index (χ2v) is 4.96. The lowest BCUT2D eigenvalue weighted by molar-refractivity contribution is 0.159. The molecule has 1 aromatic rings. The summed E-state index contributed by atoms with van der Waals surface area (Å²) >= 11 is 0. The van der Waals surface area contributed by atoms with Gasteiger partial charge in [0.05, 0.1) is 0 Å². The van der Waals surface area contributed by atoms with Crippen LogP contribution in [0.1, 0.15) is 0 Å². The summed E-state index contributed by atoms with van der Waals surface area (Å²) in [5.74, 6) is 0.561. The lowest BCUT2D eigenvalue weighted by Gasteiger charge is -2.07. The summed E-state index contributed by atoms with van der Waals surface area (Å²) in [5.41, 5.74) is 4.73. The van der Waals surface area contributed by atoms with Crippen molar-refractivity contribution in [3.8, 4) is 0 Å². The van der Waals surface area contributed by atoms with Crippen LogP contribution in [-0.4, -0.2) is 39.7 Å². The summed E-state index contributed by atoms with van der Waals surface area (Å²) in [5, 5.41) is 2.77. The number of ether oxygens (including phenoxy) is 1. The Balaban J connectivity index is 2.59. The van der Waals surface area contributed by atoms with Gasteiger partial charge in [-0.05, 0) is 12.1 Å². The fraction of sp³-hybridized carbons (Fsp3) is 0.333. The molecule has 0 saturated carbocycles. The molecule has 0 aliphatic heterocycles. The fourth-order valence-corrected chi connectivity index (χ4v) is 2.06. The molecule has 0 aromatic carbocycles. The molecule has 8 nitrogen and oxygen atoms in total. The van der Waals surface area contributed by atoms with Crippen molar-refractivity contribution < 1.29 is 17.9 Å².